The van der Waals surface area contributed by atoms with E-state index in [4.69, 9.17) is 11.6 Å². The minimum atomic E-state index is -0.521. The highest BCUT2D eigenvalue weighted by Crippen LogP contribution is 2.41. The van der Waals surface area contributed by atoms with Crippen LogP contribution < -0.4 is 4.90 Å². The summed E-state index contributed by atoms with van der Waals surface area (Å²) in [7, 11) is 0. The molecule has 1 aromatic heterocycles. The number of nitrogens with zero attached hydrogens (tertiary/aromatic N) is 2. The normalized spacial score (nSPS) is 14.5. The predicted molar refractivity (Wildman–Crippen MR) is 88.7 cm³/mol. The molecule has 4 heteroatoms. The van der Waals surface area contributed by atoms with Crippen LogP contribution in [-0.2, 0) is 0 Å². The maximum absolute atomic E-state index is 14.0. The highest BCUT2D eigenvalue weighted by atomic mass is 35.5. The second kappa shape index (κ2) is 7.99. The lowest BCUT2D eigenvalue weighted by Gasteiger charge is -2.27. The van der Waals surface area contributed by atoms with Crippen molar-refractivity contribution in [3.8, 4) is 0 Å². The van der Waals surface area contributed by atoms with Gasteiger partial charge in [-0.1, -0.05) is 38.6 Å². The van der Waals surface area contributed by atoms with Gasteiger partial charge in [0.05, 0.1) is 22.6 Å². The standard InChI is InChI=1S/C15H16ClFN2.C2H6/c1-10(16)15(17)12(3)19(11(2)13-6-7-13)14-5-4-8-18-9-14;1-2/h4-5,8-9,13H,1-2,6-7H2,3H3;1-2H3/b15-12-;. The topological polar surface area (TPSA) is 16.1 Å². The Morgan fingerprint density at radius 1 is 1.38 bits per heavy atom. The Labute approximate surface area is 131 Å². The molecule has 1 aromatic rings. The summed E-state index contributed by atoms with van der Waals surface area (Å²) in [5.41, 5.74) is 2.05. The fraction of sp³-hybridized carbons (Fsp3) is 0.353. The first-order valence-electron chi connectivity index (χ1n) is 7.12. The number of hydrogen-bond acceptors (Lipinski definition) is 2. The Morgan fingerprint density at radius 2 is 2.00 bits per heavy atom. The molecule has 1 fully saturated rings. The molecule has 0 radical (unpaired) electrons. The molecule has 0 bridgehead atoms. The molecule has 0 aliphatic heterocycles. The SMILES string of the molecule is C=C(Cl)/C(F)=C(\C)N(C(=C)C1CC1)c1cccnc1.CC. The molecule has 2 rings (SSSR count). The van der Waals surface area contributed by atoms with Crippen molar-refractivity contribution >= 4 is 17.3 Å². The Kier molecular flexibility index (Phi) is 6.63. The van der Waals surface area contributed by atoms with Gasteiger partial charge in [0.15, 0.2) is 5.83 Å². The molecule has 0 atom stereocenters. The van der Waals surface area contributed by atoms with Crippen molar-refractivity contribution in [1.82, 2.24) is 4.98 Å². The van der Waals surface area contributed by atoms with E-state index in [1.54, 1.807) is 24.2 Å². The Balaban J connectivity index is 0.00000106. The Morgan fingerprint density at radius 3 is 2.43 bits per heavy atom. The summed E-state index contributed by atoms with van der Waals surface area (Å²) in [5.74, 6) is -0.112. The van der Waals surface area contributed by atoms with Gasteiger partial charge in [-0.15, -0.1) is 0 Å². The first-order valence-corrected chi connectivity index (χ1v) is 7.50. The van der Waals surface area contributed by atoms with Crippen molar-refractivity contribution in [1.29, 1.82) is 0 Å². The van der Waals surface area contributed by atoms with E-state index in [0.717, 1.165) is 24.2 Å². The summed E-state index contributed by atoms with van der Waals surface area (Å²) in [6, 6.07) is 3.68. The lowest BCUT2D eigenvalue weighted by atomic mass is 10.2. The molecule has 0 N–H and O–H groups in total. The molecule has 21 heavy (non-hydrogen) atoms. The number of halogens is 2. The average molecular weight is 309 g/mol. The fourth-order valence-corrected chi connectivity index (χ4v) is 2.09. The molecular formula is C17H22ClFN2. The second-order valence-corrected chi connectivity index (χ2v) is 5.07. The molecule has 1 saturated carbocycles. The molecular weight excluding hydrogens is 287 g/mol. The van der Waals surface area contributed by atoms with Gasteiger partial charge >= 0.3 is 0 Å². The van der Waals surface area contributed by atoms with Gasteiger partial charge in [-0.2, -0.15) is 0 Å². The van der Waals surface area contributed by atoms with Crippen molar-refractivity contribution in [2.45, 2.75) is 33.6 Å². The largest absolute Gasteiger partial charge is 0.314 e. The average Bonchev–Trinajstić information content (AvgIpc) is 3.34. The molecule has 0 spiro atoms. The number of allylic oxidation sites excluding steroid dienone is 4. The van der Waals surface area contributed by atoms with Crippen LogP contribution in [0.15, 0.2) is 59.9 Å². The highest BCUT2D eigenvalue weighted by molar-refractivity contribution is 6.31. The third-order valence-electron chi connectivity index (χ3n) is 3.13. The van der Waals surface area contributed by atoms with Gasteiger partial charge in [0.25, 0.3) is 0 Å². The third kappa shape index (κ3) is 4.43. The van der Waals surface area contributed by atoms with E-state index >= 15 is 0 Å². The second-order valence-electron chi connectivity index (χ2n) is 4.62. The maximum Gasteiger partial charge on any atom is 0.160 e. The monoisotopic (exact) mass is 308 g/mol. The van der Waals surface area contributed by atoms with Crippen LogP contribution in [0.3, 0.4) is 0 Å². The summed E-state index contributed by atoms with van der Waals surface area (Å²) in [4.78, 5) is 5.84. The van der Waals surface area contributed by atoms with Gasteiger partial charge in [0, 0.05) is 11.9 Å². The van der Waals surface area contributed by atoms with Gasteiger partial charge in [-0.3, -0.25) is 4.98 Å². The number of pyridine rings is 1. The third-order valence-corrected chi connectivity index (χ3v) is 3.30. The van der Waals surface area contributed by atoms with Crippen LogP contribution in [0, 0.1) is 5.92 Å². The van der Waals surface area contributed by atoms with E-state index in [2.05, 4.69) is 18.1 Å². The summed E-state index contributed by atoms with van der Waals surface area (Å²) in [6.07, 6.45) is 5.54. The lowest BCUT2D eigenvalue weighted by molar-refractivity contribution is 0.643. The van der Waals surface area contributed by atoms with E-state index in [1.165, 1.54) is 0 Å². The van der Waals surface area contributed by atoms with Crippen molar-refractivity contribution in [3.63, 3.8) is 0 Å². The zero-order chi connectivity index (χ0) is 16.0. The maximum atomic E-state index is 14.0. The van der Waals surface area contributed by atoms with Crippen molar-refractivity contribution in [3.05, 3.63) is 59.9 Å². The quantitative estimate of drug-likeness (QED) is 0.640. The molecule has 0 unspecified atom stereocenters. The van der Waals surface area contributed by atoms with Crippen LogP contribution in [0.25, 0.3) is 0 Å². The molecule has 2 nitrogen and oxygen atoms in total. The van der Waals surface area contributed by atoms with E-state index in [1.807, 2.05) is 26.0 Å². The summed E-state index contributed by atoms with van der Waals surface area (Å²) in [5, 5.41) is -0.102. The van der Waals surface area contributed by atoms with E-state index < -0.39 is 5.83 Å². The summed E-state index contributed by atoms with van der Waals surface area (Å²) < 4.78 is 14.0. The molecule has 1 heterocycles. The summed E-state index contributed by atoms with van der Waals surface area (Å²) in [6.45, 7) is 13.2. The molecule has 114 valence electrons. The molecule has 1 aliphatic rings. The number of anilines is 1. The minimum absolute atomic E-state index is 0.102. The Bertz CT molecular complexity index is 533. The lowest BCUT2D eigenvalue weighted by Crippen LogP contribution is -2.22. The van der Waals surface area contributed by atoms with Crippen LogP contribution >= 0.6 is 11.6 Å². The van der Waals surface area contributed by atoms with Crippen molar-refractivity contribution in [2.75, 3.05) is 4.90 Å². The van der Waals surface area contributed by atoms with E-state index in [0.29, 0.717) is 11.6 Å². The smallest absolute Gasteiger partial charge is 0.160 e. The van der Waals surface area contributed by atoms with E-state index in [-0.39, 0.29) is 5.03 Å². The van der Waals surface area contributed by atoms with Crippen molar-refractivity contribution < 1.29 is 4.39 Å². The van der Waals surface area contributed by atoms with Crippen LogP contribution in [0.2, 0.25) is 0 Å². The van der Waals surface area contributed by atoms with Crippen molar-refractivity contribution in [2.24, 2.45) is 5.92 Å². The zero-order valence-electron chi connectivity index (χ0n) is 12.9. The van der Waals surface area contributed by atoms with E-state index in [9.17, 15) is 4.39 Å². The van der Waals surface area contributed by atoms with Crippen LogP contribution in [0.5, 0.6) is 0 Å². The van der Waals surface area contributed by atoms with Gasteiger partial charge in [-0.25, -0.2) is 4.39 Å². The van der Waals surface area contributed by atoms with Gasteiger partial charge in [0.2, 0.25) is 0 Å². The first-order chi connectivity index (χ1) is 10.0. The Hall–Kier alpha value is -1.61. The first kappa shape index (κ1) is 17.4. The minimum Gasteiger partial charge on any atom is -0.314 e. The van der Waals surface area contributed by atoms with Crippen LogP contribution in [-0.4, -0.2) is 4.98 Å². The summed E-state index contributed by atoms with van der Waals surface area (Å²) >= 11 is 5.66. The van der Waals surface area contributed by atoms with Gasteiger partial charge in [-0.05, 0) is 37.8 Å². The predicted octanol–water partition coefficient (Wildman–Crippen LogP) is 5.79. The van der Waals surface area contributed by atoms with Crippen LogP contribution in [0.1, 0.15) is 33.6 Å². The van der Waals surface area contributed by atoms with Gasteiger partial charge in [0.1, 0.15) is 0 Å². The zero-order valence-corrected chi connectivity index (χ0v) is 13.6. The van der Waals surface area contributed by atoms with Crippen LogP contribution in [0.4, 0.5) is 10.1 Å². The number of aromatic nitrogens is 1. The highest BCUT2D eigenvalue weighted by Gasteiger charge is 2.30. The molecule has 0 aromatic carbocycles. The molecule has 0 saturated heterocycles. The molecule has 1 aliphatic carbocycles. The fourth-order valence-electron chi connectivity index (χ4n) is 1.95. The van der Waals surface area contributed by atoms with Gasteiger partial charge < -0.3 is 4.90 Å². The molecule has 0 amide bonds. The number of hydrogen-bond donors (Lipinski definition) is 0. The number of rotatable bonds is 5.